The van der Waals surface area contributed by atoms with E-state index in [9.17, 15) is 4.79 Å². The Bertz CT molecular complexity index is 442. The SMILES string of the molecule is CC(C)Nc1ccccc1C(=O)N(CCO)C1CC1. The highest BCUT2D eigenvalue weighted by Crippen LogP contribution is 2.29. The zero-order valence-corrected chi connectivity index (χ0v) is 11.6. The van der Waals surface area contributed by atoms with Gasteiger partial charge in [0, 0.05) is 24.3 Å². The van der Waals surface area contributed by atoms with Crippen LogP contribution in [0.5, 0.6) is 0 Å². The van der Waals surface area contributed by atoms with Gasteiger partial charge in [0.1, 0.15) is 0 Å². The number of hydrogen-bond acceptors (Lipinski definition) is 3. The van der Waals surface area contributed by atoms with E-state index in [1.807, 2.05) is 38.1 Å². The summed E-state index contributed by atoms with van der Waals surface area (Å²) in [5.41, 5.74) is 1.56. The lowest BCUT2D eigenvalue weighted by molar-refractivity contribution is 0.0708. The van der Waals surface area contributed by atoms with Crippen molar-refractivity contribution in [2.24, 2.45) is 0 Å². The van der Waals surface area contributed by atoms with Gasteiger partial charge in [0.2, 0.25) is 0 Å². The number of rotatable bonds is 6. The standard InChI is InChI=1S/C15H22N2O2/c1-11(2)16-14-6-4-3-5-13(14)15(19)17(9-10-18)12-7-8-12/h3-6,11-12,16,18H,7-10H2,1-2H3. The summed E-state index contributed by atoms with van der Waals surface area (Å²) in [6, 6.07) is 8.17. The molecule has 0 aliphatic heterocycles. The second-order valence-corrected chi connectivity index (χ2v) is 5.30. The number of carbonyl (C=O) groups is 1. The Morgan fingerprint density at radius 3 is 2.68 bits per heavy atom. The van der Waals surface area contributed by atoms with Crippen LogP contribution in [-0.4, -0.2) is 41.1 Å². The van der Waals surface area contributed by atoms with Crippen molar-refractivity contribution in [3.8, 4) is 0 Å². The summed E-state index contributed by atoms with van der Waals surface area (Å²) >= 11 is 0. The fraction of sp³-hybridized carbons (Fsp3) is 0.533. The Balaban J connectivity index is 2.21. The van der Waals surface area contributed by atoms with Crippen molar-refractivity contribution in [3.63, 3.8) is 0 Å². The first-order valence-corrected chi connectivity index (χ1v) is 6.91. The summed E-state index contributed by atoms with van der Waals surface area (Å²) in [5.74, 6) is 0.0142. The molecule has 0 unspecified atom stereocenters. The second-order valence-electron chi connectivity index (χ2n) is 5.30. The van der Waals surface area contributed by atoms with Crippen LogP contribution in [0.2, 0.25) is 0 Å². The normalized spacial score (nSPS) is 14.5. The number of aliphatic hydroxyl groups is 1. The second kappa shape index (κ2) is 6.06. The molecule has 1 aliphatic carbocycles. The number of carbonyl (C=O) groups excluding carboxylic acids is 1. The highest BCUT2D eigenvalue weighted by molar-refractivity contribution is 6.00. The van der Waals surface area contributed by atoms with Crippen LogP contribution in [-0.2, 0) is 0 Å². The molecule has 4 nitrogen and oxygen atoms in total. The third-order valence-electron chi connectivity index (χ3n) is 3.19. The first kappa shape index (κ1) is 13.9. The van der Waals surface area contributed by atoms with Crippen molar-refractivity contribution in [2.45, 2.75) is 38.8 Å². The monoisotopic (exact) mass is 262 g/mol. The van der Waals surface area contributed by atoms with E-state index >= 15 is 0 Å². The maximum atomic E-state index is 12.6. The number of hydrogen-bond donors (Lipinski definition) is 2. The Morgan fingerprint density at radius 2 is 2.11 bits per heavy atom. The summed E-state index contributed by atoms with van der Waals surface area (Å²) < 4.78 is 0. The number of amides is 1. The van der Waals surface area contributed by atoms with Gasteiger partial charge in [0.15, 0.2) is 0 Å². The van der Waals surface area contributed by atoms with Crippen LogP contribution >= 0.6 is 0 Å². The summed E-state index contributed by atoms with van der Waals surface area (Å²) in [5, 5.41) is 12.4. The molecule has 1 saturated carbocycles. The topological polar surface area (TPSA) is 52.6 Å². The van der Waals surface area contributed by atoms with Crippen molar-refractivity contribution >= 4 is 11.6 Å². The Hall–Kier alpha value is -1.55. The minimum Gasteiger partial charge on any atom is -0.395 e. The lowest BCUT2D eigenvalue weighted by Crippen LogP contribution is -2.36. The molecule has 4 heteroatoms. The molecular weight excluding hydrogens is 240 g/mol. The van der Waals surface area contributed by atoms with Gasteiger partial charge in [0.25, 0.3) is 5.91 Å². The van der Waals surface area contributed by atoms with Gasteiger partial charge in [-0.15, -0.1) is 0 Å². The maximum absolute atomic E-state index is 12.6. The van der Waals surface area contributed by atoms with Crippen molar-refractivity contribution in [1.29, 1.82) is 0 Å². The molecule has 104 valence electrons. The van der Waals surface area contributed by atoms with Gasteiger partial charge in [-0.3, -0.25) is 4.79 Å². The first-order chi connectivity index (χ1) is 9.13. The third kappa shape index (κ3) is 3.47. The van der Waals surface area contributed by atoms with E-state index < -0.39 is 0 Å². The number of nitrogens with zero attached hydrogens (tertiary/aromatic N) is 1. The number of nitrogens with one attached hydrogen (secondary N) is 1. The molecule has 0 aromatic heterocycles. The van der Waals surface area contributed by atoms with Crippen LogP contribution in [0.15, 0.2) is 24.3 Å². The van der Waals surface area contributed by atoms with Crippen molar-refractivity contribution in [2.75, 3.05) is 18.5 Å². The molecule has 0 radical (unpaired) electrons. The number of benzene rings is 1. The largest absolute Gasteiger partial charge is 0.395 e. The number of aliphatic hydroxyl groups excluding tert-OH is 1. The predicted molar refractivity (Wildman–Crippen MR) is 76.3 cm³/mol. The predicted octanol–water partition coefficient (Wildman–Crippen LogP) is 2.10. The minimum absolute atomic E-state index is 0.0142. The van der Waals surface area contributed by atoms with Crippen molar-refractivity contribution in [1.82, 2.24) is 4.90 Å². The highest BCUT2D eigenvalue weighted by atomic mass is 16.3. The Kier molecular flexibility index (Phi) is 4.43. The molecule has 0 heterocycles. The van der Waals surface area contributed by atoms with Crippen LogP contribution in [0.25, 0.3) is 0 Å². The molecule has 0 saturated heterocycles. The molecule has 0 bridgehead atoms. The quantitative estimate of drug-likeness (QED) is 0.825. The number of anilines is 1. The summed E-state index contributed by atoms with van der Waals surface area (Å²) in [4.78, 5) is 14.4. The average Bonchev–Trinajstić information content (AvgIpc) is 3.19. The lowest BCUT2D eigenvalue weighted by atomic mass is 10.1. The van der Waals surface area contributed by atoms with E-state index in [-0.39, 0.29) is 18.6 Å². The van der Waals surface area contributed by atoms with Crippen molar-refractivity contribution in [3.05, 3.63) is 29.8 Å². The molecule has 19 heavy (non-hydrogen) atoms. The first-order valence-electron chi connectivity index (χ1n) is 6.91. The smallest absolute Gasteiger partial charge is 0.256 e. The lowest BCUT2D eigenvalue weighted by Gasteiger charge is -2.23. The molecule has 1 fully saturated rings. The fourth-order valence-electron chi connectivity index (χ4n) is 2.21. The zero-order chi connectivity index (χ0) is 13.8. The van der Waals surface area contributed by atoms with Gasteiger partial charge < -0.3 is 15.3 Å². The molecule has 1 aromatic rings. The summed E-state index contributed by atoms with van der Waals surface area (Å²) in [6.07, 6.45) is 2.09. The molecule has 1 aromatic carbocycles. The van der Waals surface area contributed by atoms with Gasteiger partial charge in [0.05, 0.1) is 12.2 Å². The van der Waals surface area contributed by atoms with Gasteiger partial charge in [-0.25, -0.2) is 0 Å². The van der Waals surface area contributed by atoms with Gasteiger partial charge in [-0.2, -0.15) is 0 Å². The maximum Gasteiger partial charge on any atom is 0.256 e. The van der Waals surface area contributed by atoms with E-state index in [0.717, 1.165) is 18.5 Å². The minimum atomic E-state index is 0.0142. The van der Waals surface area contributed by atoms with Crippen LogP contribution in [0.3, 0.4) is 0 Å². The van der Waals surface area contributed by atoms with Crippen LogP contribution in [0, 0.1) is 0 Å². The summed E-state index contributed by atoms with van der Waals surface area (Å²) in [7, 11) is 0. The molecule has 1 amide bonds. The Morgan fingerprint density at radius 1 is 1.42 bits per heavy atom. The van der Waals surface area contributed by atoms with E-state index in [2.05, 4.69) is 5.32 Å². The Labute approximate surface area is 114 Å². The number of para-hydroxylation sites is 1. The molecule has 0 atom stereocenters. The van der Waals surface area contributed by atoms with Crippen LogP contribution < -0.4 is 5.32 Å². The van der Waals surface area contributed by atoms with E-state index in [0.29, 0.717) is 18.2 Å². The molecular formula is C15H22N2O2. The van der Waals surface area contributed by atoms with E-state index in [4.69, 9.17) is 5.11 Å². The van der Waals surface area contributed by atoms with E-state index in [1.54, 1.807) is 4.90 Å². The van der Waals surface area contributed by atoms with Gasteiger partial charge in [-0.05, 0) is 38.8 Å². The van der Waals surface area contributed by atoms with E-state index in [1.165, 1.54) is 0 Å². The van der Waals surface area contributed by atoms with Crippen LogP contribution in [0.4, 0.5) is 5.69 Å². The third-order valence-corrected chi connectivity index (χ3v) is 3.19. The average molecular weight is 262 g/mol. The van der Waals surface area contributed by atoms with Crippen LogP contribution in [0.1, 0.15) is 37.0 Å². The fourth-order valence-corrected chi connectivity index (χ4v) is 2.21. The van der Waals surface area contributed by atoms with Gasteiger partial charge in [-0.1, -0.05) is 12.1 Å². The highest BCUT2D eigenvalue weighted by Gasteiger charge is 2.33. The van der Waals surface area contributed by atoms with Crippen molar-refractivity contribution < 1.29 is 9.90 Å². The van der Waals surface area contributed by atoms with Gasteiger partial charge >= 0.3 is 0 Å². The summed E-state index contributed by atoms with van der Waals surface area (Å²) in [6.45, 7) is 4.53. The zero-order valence-electron chi connectivity index (χ0n) is 11.6. The molecule has 0 spiro atoms. The molecule has 2 N–H and O–H groups in total. The molecule has 1 aliphatic rings. The molecule has 2 rings (SSSR count).